The van der Waals surface area contributed by atoms with Gasteiger partial charge in [-0.15, -0.1) is 0 Å². The molecule has 2 fully saturated rings. The summed E-state index contributed by atoms with van der Waals surface area (Å²) in [7, 11) is 0. The number of aliphatic hydroxyl groups excluding tert-OH is 1. The molecule has 20 heavy (non-hydrogen) atoms. The maximum absolute atomic E-state index is 11.6. The van der Waals surface area contributed by atoms with E-state index in [-0.39, 0.29) is 17.8 Å². The highest BCUT2D eigenvalue weighted by atomic mass is 16.3. The Morgan fingerprint density at radius 2 is 2.20 bits per heavy atom. The van der Waals surface area contributed by atoms with Crippen LogP contribution < -0.4 is 10.2 Å². The Morgan fingerprint density at radius 3 is 2.90 bits per heavy atom. The molecule has 3 rings (SSSR count). The number of anilines is 1. The van der Waals surface area contributed by atoms with Gasteiger partial charge < -0.3 is 25.3 Å². The number of nitrogens with one attached hydrogen (secondary N) is 1. The fourth-order valence-electron chi connectivity index (χ4n) is 2.92. The Balaban J connectivity index is 1.77. The van der Waals surface area contributed by atoms with Crippen LogP contribution in [0.1, 0.15) is 18.6 Å². The summed E-state index contributed by atoms with van der Waals surface area (Å²) in [6, 6.07) is 5.54. The van der Waals surface area contributed by atoms with Gasteiger partial charge in [0.15, 0.2) is 0 Å². The summed E-state index contributed by atoms with van der Waals surface area (Å²) in [4.78, 5) is 15.6. The predicted molar refractivity (Wildman–Crippen MR) is 74.8 cm³/mol. The van der Waals surface area contributed by atoms with E-state index >= 15 is 0 Å². The number of piperazine rings is 1. The molecular formula is C14H19N3O3. The largest absolute Gasteiger partial charge is 0.507 e. The van der Waals surface area contributed by atoms with E-state index in [0.29, 0.717) is 18.7 Å². The van der Waals surface area contributed by atoms with E-state index in [0.717, 1.165) is 18.8 Å². The van der Waals surface area contributed by atoms with Crippen molar-refractivity contribution in [2.45, 2.75) is 19.1 Å². The van der Waals surface area contributed by atoms with E-state index < -0.39 is 6.10 Å². The molecule has 2 aliphatic rings. The first-order valence-electron chi connectivity index (χ1n) is 6.86. The van der Waals surface area contributed by atoms with Crippen LogP contribution in [0.5, 0.6) is 5.75 Å². The number of carbonyl (C=O) groups excluding carboxylic acids is 1. The van der Waals surface area contributed by atoms with Gasteiger partial charge in [0, 0.05) is 43.5 Å². The molecule has 0 aliphatic carbocycles. The lowest BCUT2D eigenvalue weighted by molar-refractivity contribution is 0.194. The van der Waals surface area contributed by atoms with Gasteiger partial charge in [-0.25, -0.2) is 4.79 Å². The van der Waals surface area contributed by atoms with Crippen molar-refractivity contribution in [1.29, 1.82) is 0 Å². The number of hydrogen-bond acceptors (Lipinski definition) is 4. The van der Waals surface area contributed by atoms with Crippen LogP contribution in [-0.4, -0.2) is 53.4 Å². The van der Waals surface area contributed by atoms with Crippen molar-refractivity contribution < 1.29 is 15.0 Å². The molecule has 2 heterocycles. The minimum atomic E-state index is -0.683. The minimum Gasteiger partial charge on any atom is -0.507 e. The van der Waals surface area contributed by atoms with E-state index in [1.54, 1.807) is 19.1 Å². The van der Waals surface area contributed by atoms with E-state index in [9.17, 15) is 15.0 Å². The summed E-state index contributed by atoms with van der Waals surface area (Å²) in [5.74, 6) is 0.112. The number of amides is 2. The van der Waals surface area contributed by atoms with Crippen LogP contribution in [0.25, 0.3) is 0 Å². The Bertz CT molecular complexity index is 532. The van der Waals surface area contributed by atoms with Gasteiger partial charge in [0.05, 0.1) is 12.1 Å². The van der Waals surface area contributed by atoms with Crippen LogP contribution in [0.15, 0.2) is 18.2 Å². The second kappa shape index (κ2) is 4.86. The quantitative estimate of drug-likeness (QED) is 0.742. The van der Waals surface area contributed by atoms with E-state index in [1.165, 1.54) is 0 Å². The number of carbonyl (C=O) groups is 1. The number of fused-ring (bicyclic) bond motifs is 1. The smallest absolute Gasteiger partial charge is 0.317 e. The highest BCUT2D eigenvalue weighted by Crippen LogP contribution is 2.30. The average molecular weight is 277 g/mol. The highest BCUT2D eigenvalue weighted by Gasteiger charge is 2.35. The SMILES string of the molecule is CC(O)c1ccc(N2CCN3C(=O)NCC3C2)cc1O. The monoisotopic (exact) mass is 277 g/mol. The van der Waals surface area contributed by atoms with Gasteiger partial charge in [0.25, 0.3) is 0 Å². The number of rotatable bonds is 2. The van der Waals surface area contributed by atoms with Crippen molar-refractivity contribution in [3.05, 3.63) is 23.8 Å². The number of aromatic hydroxyl groups is 1. The number of benzene rings is 1. The lowest BCUT2D eigenvalue weighted by Gasteiger charge is -2.37. The Morgan fingerprint density at radius 1 is 1.40 bits per heavy atom. The lowest BCUT2D eigenvalue weighted by atomic mass is 10.1. The van der Waals surface area contributed by atoms with Crippen LogP contribution >= 0.6 is 0 Å². The Kier molecular flexibility index (Phi) is 3.17. The predicted octanol–water partition coefficient (Wildman–Crippen LogP) is 0.659. The number of phenolic OH excluding ortho intramolecular Hbond substituents is 1. The van der Waals surface area contributed by atoms with Crippen molar-refractivity contribution in [1.82, 2.24) is 10.2 Å². The van der Waals surface area contributed by atoms with Crippen LogP contribution in [0.2, 0.25) is 0 Å². The van der Waals surface area contributed by atoms with Crippen molar-refractivity contribution >= 4 is 11.7 Å². The standard InChI is InChI=1S/C14H19N3O3/c1-9(18)12-3-2-10(6-13(12)19)16-4-5-17-11(8-16)7-15-14(17)20/h2-3,6,9,11,18-19H,4-5,7-8H2,1H3,(H,15,20). The molecule has 0 radical (unpaired) electrons. The van der Waals surface area contributed by atoms with Gasteiger partial charge in [-0.1, -0.05) is 6.07 Å². The molecule has 2 unspecified atom stereocenters. The number of hydrogen-bond donors (Lipinski definition) is 3. The van der Waals surface area contributed by atoms with Crippen molar-refractivity contribution in [3.63, 3.8) is 0 Å². The van der Waals surface area contributed by atoms with Gasteiger partial charge in [-0.05, 0) is 13.0 Å². The van der Waals surface area contributed by atoms with Crippen LogP contribution in [0, 0.1) is 0 Å². The molecule has 3 N–H and O–H groups in total. The number of phenols is 1. The minimum absolute atomic E-state index is 0.0157. The maximum Gasteiger partial charge on any atom is 0.317 e. The third-order valence-electron chi connectivity index (χ3n) is 4.06. The topological polar surface area (TPSA) is 76.0 Å². The van der Waals surface area contributed by atoms with Crippen LogP contribution in [0.4, 0.5) is 10.5 Å². The summed E-state index contributed by atoms with van der Waals surface area (Å²) < 4.78 is 0. The molecule has 0 saturated carbocycles. The van der Waals surface area contributed by atoms with Crippen molar-refractivity contribution in [2.24, 2.45) is 0 Å². The molecule has 2 atom stereocenters. The summed E-state index contributed by atoms with van der Waals surface area (Å²) in [5, 5.41) is 22.3. The Hall–Kier alpha value is -1.95. The fraction of sp³-hybridized carbons (Fsp3) is 0.500. The molecule has 6 nitrogen and oxygen atoms in total. The molecule has 1 aromatic carbocycles. The van der Waals surface area contributed by atoms with Gasteiger partial charge >= 0.3 is 6.03 Å². The zero-order valence-corrected chi connectivity index (χ0v) is 11.4. The van der Waals surface area contributed by atoms with Crippen molar-refractivity contribution in [2.75, 3.05) is 31.1 Å². The van der Waals surface area contributed by atoms with E-state index in [1.807, 2.05) is 11.0 Å². The summed E-state index contributed by atoms with van der Waals surface area (Å²) >= 11 is 0. The third-order valence-corrected chi connectivity index (χ3v) is 4.06. The fourth-order valence-corrected chi connectivity index (χ4v) is 2.92. The Labute approximate surface area is 117 Å². The van der Waals surface area contributed by atoms with E-state index in [4.69, 9.17) is 0 Å². The summed E-state index contributed by atoms with van der Waals surface area (Å²) in [6.45, 7) is 4.50. The highest BCUT2D eigenvalue weighted by molar-refractivity contribution is 5.77. The molecule has 0 aromatic heterocycles. The summed E-state index contributed by atoms with van der Waals surface area (Å²) in [6.07, 6.45) is -0.683. The first-order valence-corrected chi connectivity index (χ1v) is 6.86. The van der Waals surface area contributed by atoms with Gasteiger partial charge in [-0.3, -0.25) is 0 Å². The second-order valence-corrected chi connectivity index (χ2v) is 5.40. The lowest BCUT2D eigenvalue weighted by Crippen LogP contribution is -2.52. The molecule has 2 amide bonds. The number of urea groups is 1. The molecule has 108 valence electrons. The zero-order chi connectivity index (χ0) is 14.3. The molecule has 2 aliphatic heterocycles. The second-order valence-electron chi connectivity index (χ2n) is 5.40. The average Bonchev–Trinajstić information content (AvgIpc) is 2.79. The van der Waals surface area contributed by atoms with E-state index in [2.05, 4.69) is 10.2 Å². The first-order chi connectivity index (χ1) is 9.56. The molecule has 0 bridgehead atoms. The zero-order valence-electron chi connectivity index (χ0n) is 11.4. The molecule has 0 spiro atoms. The normalized spacial score (nSPS) is 23.5. The molecule has 6 heteroatoms. The molecule has 2 saturated heterocycles. The summed E-state index contributed by atoms with van der Waals surface area (Å²) in [5.41, 5.74) is 1.45. The molecule has 1 aromatic rings. The van der Waals surface area contributed by atoms with Crippen molar-refractivity contribution in [3.8, 4) is 5.75 Å². The van der Waals surface area contributed by atoms with Crippen LogP contribution in [0.3, 0.4) is 0 Å². The maximum atomic E-state index is 11.6. The van der Waals surface area contributed by atoms with Gasteiger partial charge in [0.2, 0.25) is 0 Å². The van der Waals surface area contributed by atoms with Gasteiger partial charge in [0.1, 0.15) is 5.75 Å². The molecular weight excluding hydrogens is 258 g/mol. The number of nitrogens with zero attached hydrogens (tertiary/aromatic N) is 2. The third kappa shape index (κ3) is 2.16. The number of aliphatic hydroxyl groups is 1. The van der Waals surface area contributed by atoms with Gasteiger partial charge in [-0.2, -0.15) is 0 Å². The van der Waals surface area contributed by atoms with Crippen LogP contribution in [-0.2, 0) is 0 Å². The first kappa shape index (κ1) is 13.1.